The number of para-hydroxylation sites is 1. The summed E-state index contributed by atoms with van der Waals surface area (Å²) in [6, 6.07) is 8.03. The molecule has 0 saturated carbocycles. The van der Waals surface area contributed by atoms with Crippen LogP contribution in [0.3, 0.4) is 0 Å². The number of rotatable bonds is 10. The predicted octanol–water partition coefficient (Wildman–Crippen LogP) is 4.67. The molecule has 0 fully saturated rings. The van der Waals surface area contributed by atoms with Crippen molar-refractivity contribution in [3.05, 3.63) is 30.1 Å². The number of hydrogen-bond donors (Lipinski definition) is 1. The minimum Gasteiger partial charge on any atom is -0.382 e. The lowest BCUT2D eigenvalue weighted by molar-refractivity contribution is -0.0310. The third-order valence-corrected chi connectivity index (χ3v) is 5.25. The number of imidazole rings is 1. The molecule has 2 heterocycles. The zero-order valence-electron chi connectivity index (χ0n) is 16.9. The molecule has 0 bridgehead atoms. The Hall–Kier alpha value is -1.70. The van der Waals surface area contributed by atoms with Crippen LogP contribution in [0.25, 0.3) is 21.9 Å². The van der Waals surface area contributed by atoms with Gasteiger partial charge in [-0.3, -0.25) is 0 Å². The quantitative estimate of drug-likeness (QED) is 0.360. The first-order valence-electron chi connectivity index (χ1n) is 9.78. The van der Waals surface area contributed by atoms with Gasteiger partial charge in [0, 0.05) is 23.9 Å². The number of nitrogens with two attached hydrogens (primary N) is 1. The highest BCUT2D eigenvalue weighted by molar-refractivity contribution is 9.09. The Kier molecular flexibility index (Phi) is 6.91. The van der Waals surface area contributed by atoms with Crippen molar-refractivity contribution in [2.45, 2.75) is 52.4 Å². The third-order valence-electron chi connectivity index (χ3n) is 4.68. The highest BCUT2D eigenvalue weighted by Crippen LogP contribution is 2.30. The second kappa shape index (κ2) is 9.20. The van der Waals surface area contributed by atoms with Gasteiger partial charge in [-0.25, -0.2) is 9.97 Å². The van der Waals surface area contributed by atoms with Gasteiger partial charge < -0.3 is 19.8 Å². The minimum absolute atomic E-state index is 0.347. The summed E-state index contributed by atoms with van der Waals surface area (Å²) >= 11 is 3.47. The smallest absolute Gasteiger partial charge is 0.152 e. The number of pyridine rings is 1. The number of nitrogens with zero attached hydrogens (tertiary/aromatic N) is 3. The van der Waals surface area contributed by atoms with Gasteiger partial charge in [0.1, 0.15) is 17.9 Å². The van der Waals surface area contributed by atoms with E-state index in [0.29, 0.717) is 25.6 Å². The van der Waals surface area contributed by atoms with Crippen LogP contribution < -0.4 is 5.73 Å². The molecule has 2 N–H and O–H groups in total. The summed E-state index contributed by atoms with van der Waals surface area (Å²) in [7, 11) is 0. The molecule has 0 aliphatic carbocycles. The molecule has 28 heavy (non-hydrogen) atoms. The number of hydrogen-bond acceptors (Lipinski definition) is 5. The minimum atomic E-state index is -0.347. The Labute approximate surface area is 174 Å². The highest BCUT2D eigenvalue weighted by Gasteiger charge is 2.25. The zero-order valence-corrected chi connectivity index (χ0v) is 18.5. The Morgan fingerprint density at radius 1 is 1.18 bits per heavy atom. The molecule has 0 unspecified atom stereocenters. The summed E-state index contributed by atoms with van der Waals surface area (Å²) in [4.78, 5) is 9.31. The number of ether oxygens (including phenoxy) is 2. The summed E-state index contributed by atoms with van der Waals surface area (Å²) < 4.78 is 14.1. The first-order chi connectivity index (χ1) is 13.5. The lowest BCUT2D eigenvalue weighted by Gasteiger charge is -2.27. The van der Waals surface area contributed by atoms with E-state index in [2.05, 4.69) is 45.4 Å². The Bertz CT molecular complexity index is 939. The van der Waals surface area contributed by atoms with Gasteiger partial charge >= 0.3 is 0 Å². The molecule has 0 saturated heterocycles. The van der Waals surface area contributed by atoms with Gasteiger partial charge in [0.15, 0.2) is 5.82 Å². The van der Waals surface area contributed by atoms with Gasteiger partial charge in [0.25, 0.3) is 0 Å². The SMILES string of the molecule is CCOCc1nc2c(N)nc3ccccc3c2n1CC(C)(C)OCCCCBr. The van der Waals surface area contributed by atoms with Crippen molar-refractivity contribution in [2.24, 2.45) is 0 Å². The van der Waals surface area contributed by atoms with E-state index in [4.69, 9.17) is 20.2 Å². The van der Waals surface area contributed by atoms with E-state index < -0.39 is 0 Å². The van der Waals surface area contributed by atoms with Crippen LogP contribution in [0.2, 0.25) is 0 Å². The molecule has 152 valence electrons. The lowest BCUT2D eigenvalue weighted by Crippen LogP contribution is -2.32. The molecule has 0 atom stereocenters. The number of alkyl halides is 1. The van der Waals surface area contributed by atoms with Crippen LogP contribution in [0.1, 0.15) is 39.4 Å². The fourth-order valence-electron chi connectivity index (χ4n) is 3.35. The fourth-order valence-corrected chi connectivity index (χ4v) is 3.75. The molecule has 6 nitrogen and oxygen atoms in total. The Morgan fingerprint density at radius 3 is 2.71 bits per heavy atom. The van der Waals surface area contributed by atoms with Crippen LogP contribution >= 0.6 is 15.9 Å². The van der Waals surface area contributed by atoms with E-state index in [1.165, 1.54) is 0 Å². The largest absolute Gasteiger partial charge is 0.382 e. The van der Waals surface area contributed by atoms with Crippen LogP contribution in [-0.4, -0.2) is 38.7 Å². The van der Waals surface area contributed by atoms with Crippen LogP contribution in [0, 0.1) is 0 Å². The summed E-state index contributed by atoms with van der Waals surface area (Å²) in [6.45, 7) is 8.66. The van der Waals surface area contributed by atoms with E-state index >= 15 is 0 Å². The first-order valence-corrected chi connectivity index (χ1v) is 10.9. The van der Waals surface area contributed by atoms with Crippen molar-refractivity contribution < 1.29 is 9.47 Å². The summed E-state index contributed by atoms with van der Waals surface area (Å²) in [6.07, 6.45) is 2.14. The van der Waals surface area contributed by atoms with Crippen molar-refractivity contribution in [2.75, 3.05) is 24.3 Å². The third kappa shape index (κ3) is 4.64. The van der Waals surface area contributed by atoms with Gasteiger partial charge in [-0.15, -0.1) is 0 Å². The molecular weight excluding hydrogens is 420 g/mol. The topological polar surface area (TPSA) is 75.2 Å². The summed E-state index contributed by atoms with van der Waals surface area (Å²) in [5.41, 5.74) is 8.49. The molecule has 3 aromatic rings. The Balaban J connectivity index is 2.05. The average Bonchev–Trinajstić information content (AvgIpc) is 3.02. The van der Waals surface area contributed by atoms with E-state index in [1.807, 2.05) is 25.1 Å². The Morgan fingerprint density at radius 2 is 1.96 bits per heavy atom. The second-order valence-corrected chi connectivity index (χ2v) is 8.26. The molecular formula is C21H29BrN4O2. The molecule has 7 heteroatoms. The maximum absolute atomic E-state index is 6.25. The van der Waals surface area contributed by atoms with Crippen molar-refractivity contribution in [3.8, 4) is 0 Å². The molecule has 0 amide bonds. The lowest BCUT2D eigenvalue weighted by atomic mass is 10.1. The van der Waals surface area contributed by atoms with Crippen molar-refractivity contribution in [1.29, 1.82) is 0 Å². The number of fused-ring (bicyclic) bond motifs is 3. The number of benzene rings is 1. The normalized spacial score (nSPS) is 12.3. The molecule has 3 rings (SSSR count). The molecule has 0 radical (unpaired) electrons. The van der Waals surface area contributed by atoms with E-state index in [0.717, 1.165) is 52.5 Å². The van der Waals surface area contributed by atoms with E-state index in [9.17, 15) is 0 Å². The number of unbranched alkanes of at least 4 members (excludes halogenated alkanes) is 1. The van der Waals surface area contributed by atoms with Crippen molar-refractivity contribution in [1.82, 2.24) is 14.5 Å². The zero-order chi connectivity index (χ0) is 20.1. The number of nitrogen functional groups attached to an aromatic ring is 1. The number of aromatic nitrogens is 3. The molecule has 2 aromatic heterocycles. The van der Waals surface area contributed by atoms with Gasteiger partial charge in [0.2, 0.25) is 0 Å². The first kappa shape index (κ1) is 21.0. The van der Waals surface area contributed by atoms with Crippen LogP contribution in [-0.2, 0) is 22.6 Å². The monoisotopic (exact) mass is 448 g/mol. The summed E-state index contributed by atoms with van der Waals surface area (Å²) in [5.74, 6) is 1.29. The standard InChI is InChI=1S/C21H29BrN4O2/c1-4-27-13-17-25-18-19(15-9-5-6-10-16(15)24-20(18)23)26(17)14-21(2,3)28-12-8-7-11-22/h5-6,9-10H,4,7-8,11-14H2,1-3H3,(H2,23,24). The van der Waals surface area contributed by atoms with Gasteiger partial charge in [-0.05, 0) is 39.7 Å². The second-order valence-electron chi connectivity index (χ2n) is 7.47. The number of anilines is 1. The van der Waals surface area contributed by atoms with E-state index in [-0.39, 0.29) is 5.60 Å². The van der Waals surface area contributed by atoms with Crippen molar-refractivity contribution in [3.63, 3.8) is 0 Å². The van der Waals surface area contributed by atoms with Crippen LogP contribution in [0.5, 0.6) is 0 Å². The maximum atomic E-state index is 6.25. The highest BCUT2D eigenvalue weighted by atomic mass is 79.9. The van der Waals surface area contributed by atoms with Gasteiger partial charge in [0.05, 0.1) is 23.2 Å². The van der Waals surface area contributed by atoms with Gasteiger partial charge in [-0.2, -0.15) is 0 Å². The fraction of sp³-hybridized carbons (Fsp3) is 0.524. The van der Waals surface area contributed by atoms with E-state index in [1.54, 1.807) is 0 Å². The molecule has 0 aliphatic rings. The predicted molar refractivity (Wildman–Crippen MR) is 118 cm³/mol. The molecule has 0 spiro atoms. The van der Waals surface area contributed by atoms with Crippen LogP contribution in [0.15, 0.2) is 24.3 Å². The molecule has 1 aromatic carbocycles. The maximum Gasteiger partial charge on any atom is 0.152 e. The molecule has 0 aliphatic heterocycles. The average molecular weight is 449 g/mol. The van der Waals surface area contributed by atoms with Gasteiger partial charge in [-0.1, -0.05) is 34.1 Å². The number of halogens is 1. The summed E-state index contributed by atoms with van der Waals surface area (Å²) in [5, 5.41) is 2.04. The van der Waals surface area contributed by atoms with Crippen LogP contribution in [0.4, 0.5) is 5.82 Å². The van der Waals surface area contributed by atoms with Crippen molar-refractivity contribution >= 4 is 43.7 Å².